The van der Waals surface area contributed by atoms with Crippen molar-refractivity contribution in [2.24, 2.45) is 0 Å². The third-order valence-corrected chi connectivity index (χ3v) is 9.09. The van der Waals surface area contributed by atoms with Gasteiger partial charge in [0, 0.05) is 23.7 Å². The van der Waals surface area contributed by atoms with Crippen molar-refractivity contribution in [2.45, 2.75) is 77.5 Å². The second-order valence-electron chi connectivity index (χ2n) is 10.9. The molecule has 0 spiro atoms. The molecule has 0 unspecified atom stereocenters. The molecule has 1 fully saturated rings. The van der Waals surface area contributed by atoms with E-state index in [9.17, 15) is 26.0 Å². The molecule has 11 nitrogen and oxygen atoms in total. The number of carbonyl (C=O) groups excluding carboxylic acids is 1. The number of sulfonamides is 2. The van der Waals surface area contributed by atoms with Gasteiger partial charge in [0.1, 0.15) is 17.6 Å². The number of benzene rings is 1. The number of amides is 1. The predicted molar refractivity (Wildman–Crippen MR) is 144 cm³/mol. The smallest absolute Gasteiger partial charge is 0.407 e. The van der Waals surface area contributed by atoms with Crippen LogP contribution in [0.5, 0.6) is 0 Å². The Balaban J connectivity index is 1.86. The quantitative estimate of drug-likeness (QED) is 0.483. The Hall–Kier alpha value is -2.87. The van der Waals surface area contributed by atoms with Crippen LogP contribution in [0.25, 0.3) is 0 Å². The third-order valence-electron chi connectivity index (χ3n) is 5.87. The molecule has 1 aromatic carbocycles. The summed E-state index contributed by atoms with van der Waals surface area (Å²) in [4.78, 5) is 12.0. The summed E-state index contributed by atoms with van der Waals surface area (Å²) in [6, 6.07) is 5.37. The lowest BCUT2D eigenvalue weighted by Gasteiger charge is -2.23. The van der Waals surface area contributed by atoms with Crippen LogP contribution in [0.1, 0.15) is 65.5 Å². The Labute approximate surface area is 223 Å². The number of alkyl carbamates (subject to hydrolysis) is 1. The first-order valence-electron chi connectivity index (χ1n) is 12.2. The zero-order valence-corrected chi connectivity index (χ0v) is 24.3. The van der Waals surface area contributed by atoms with Gasteiger partial charge in [-0.3, -0.25) is 0 Å². The van der Waals surface area contributed by atoms with E-state index < -0.39 is 43.2 Å². The number of halogens is 1. The zero-order chi connectivity index (χ0) is 28.6. The number of anilines is 3. The van der Waals surface area contributed by atoms with Crippen molar-refractivity contribution >= 4 is 43.3 Å². The fraction of sp³-hybridized carbons (Fsp3) is 0.583. The molecule has 0 aliphatic heterocycles. The largest absolute Gasteiger partial charge is 0.446 e. The van der Waals surface area contributed by atoms with Crippen LogP contribution in [-0.4, -0.2) is 57.4 Å². The molecule has 1 aromatic heterocycles. The Kier molecular flexibility index (Phi) is 8.37. The Bertz CT molecular complexity index is 1370. The van der Waals surface area contributed by atoms with Crippen LogP contribution in [0.3, 0.4) is 0 Å². The Morgan fingerprint density at radius 3 is 2.29 bits per heavy atom. The average molecular weight is 574 g/mol. The topological polar surface area (TPSA) is 140 Å². The fourth-order valence-electron chi connectivity index (χ4n) is 4.42. The van der Waals surface area contributed by atoms with Gasteiger partial charge < -0.3 is 15.4 Å². The summed E-state index contributed by atoms with van der Waals surface area (Å²) >= 11 is 0. The number of hydrogen-bond acceptors (Lipinski definition) is 8. The maximum atomic E-state index is 15.0. The highest BCUT2D eigenvalue weighted by Crippen LogP contribution is 2.38. The second kappa shape index (κ2) is 10.7. The highest BCUT2D eigenvalue weighted by molar-refractivity contribution is 8.09. The van der Waals surface area contributed by atoms with Gasteiger partial charge in [0.25, 0.3) is 0 Å². The summed E-state index contributed by atoms with van der Waals surface area (Å²) in [6.07, 6.45) is 2.86. The van der Waals surface area contributed by atoms with Crippen LogP contribution in [0, 0.1) is 5.82 Å². The predicted octanol–water partition coefficient (Wildman–Crippen LogP) is 4.02. The molecule has 14 heteroatoms. The molecule has 2 atom stereocenters. The maximum Gasteiger partial charge on any atom is 0.407 e. The van der Waals surface area contributed by atoms with E-state index in [1.54, 1.807) is 4.68 Å². The SMILES string of the molecule is CC(C)NC(=O)O[C@@H]1CC[C@H](c2cc(Nc3ccc(N(S(C)(=O)=O)S(C)(=O)=O)c(F)c3)n(C(C)(C)C)n2)C1. The van der Waals surface area contributed by atoms with Crippen molar-refractivity contribution in [3.8, 4) is 0 Å². The van der Waals surface area contributed by atoms with E-state index in [0.29, 0.717) is 31.2 Å². The van der Waals surface area contributed by atoms with Crippen LogP contribution in [0.2, 0.25) is 0 Å². The van der Waals surface area contributed by atoms with Gasteiger partial charge in [-0.25, -0.2) is 30.7 Å². The van der Waals surface area contributed by atoms with Gasteiger partial charge in [-0.2, -0.15) is 8.81 Å². The summed E-state index contributed by atoms with van der Waals surface area (Å²) < 4.78 is 70.5. The number of nitrogens with zero attached hydrogens (tertiary/aromatic N) is 3. The molecule has 1 aliphatic rings. The van der Waals surface area contributed by atoms with Crippen LogP contribution in [-0.2, 0) is 30.3 Å². The zero-order valence-electron chi connectivity index (χ0n) is 22.6. The molecule has 0 bridgehead atoms. The number of aromatic nitrogens is 2. The Morgan fingerprint density at radius 2 is 1.76 bits per heavy atom. The molecule has 38 heavy (non-hydrogen) atoms. The van der Waals surface area contributed by atoms with Crippen LogP contribution < -0.4 is 14.3 Å². The van der Waals surface area contributed by atoms with Crippen molar-refractivity contribution in [3.05, 3.63) is 35.8 Å². The van der Waals surface area contributed by atoms with Gasteiger partial charge in [0.2, 0.25) is 20.0 Å². The first-order valence-corrected chi connectivity index (χ1v) is 15.9. The van der Waals surface area contributed by atoms with Crippen molar-refractivity contribution in [3.63, 3.8) is 0 Å². The minimum Gasteiger partial charge on any atom is -0.446 e. The number of nitrogens with one attached hydrogen (secondary N) is 2. The summed E-state index contributed by atoms with van der Waals surface area (Å²) in [6.45, 7) is 9.61. The van der Waals surface area contributed by atoms with Gasteiger partial charge in [-0.05, 0) is 72.1 Å². The van der Waals surface area contributed by atoms with Crippen LogP contribution in [0.4, 0.5) is 26.4 Å². The minimum absolute atomic E-state index is 0.0180. The van der Waals surface area contributed by atoms with E-state index in [0.717, 1.165) is 24.2 Å². The van der Waals surface area contributed by atoms with E-state index in [2.05, 4.69) is 10.6 Å². The number of ether oxygens (including phenoxy) is 1. The van der Waals surface area contributed by atoms with E-state index in [1.807, 2.05) is 40.7 Å². The number of rotatable bonds is 8. The fourth-order valence-corrected chi connectivity index (χ4v) is 7.40. The molecule has 2 N–H and O–H groups in total. The lowest BCUT2D eigenvalue weighted by Crippen LogP contribution is -2.35. The molecular formula is C24H36FN5O6S2. The number of carbonyl (C=O) groups is 1. The van der Waals surface area contributed by atoms with Gasteiger partial charge in [0.05, 0.1) is 23.7 Å². The van der Waals surface area contributed by atoms with Crippen molar-refractivity contribution < 1.29 is 30.8 Å². The summed E-state index contributed by atoms with van der Waals surface area (Å²) in [5.74, 6) is -0.388. The maximum absolute atomic E-state index is 15.0. The van der Waals surface area contributed by atoms with E-state index >= 15 is 0 Å². The molecule has 0 saturated heterocycles. The molecule has 1 amide bonds. The van der Waals surface area contributed by atoms with Gasteiger partial charge in [-0.15, -0.1) is 0 Å². The monoisotopic (exact) mass is 573 g/mol. The lowest BCUT2D eigenvalue weighted by molar-refractivity contribution is 0.0981. The third kappa shape index (κ3) is 7.16. The minimum atomic E-state index is -4.28. The first-order chi connectivity index (χ1) is 17.4. The molecule has 1 heterocycles. The molecule has 0 radical (unpaired) electrons. The molecule has 3 rings (SSSR count). The summed E-state index contributed by atoms with van der Waals surface area (Å²) in [5.41, 5.74) is 0.0519. The molecule has 212 valence electrons. The normalized spacial score (nSPS) is 18.4. The summed E-state index contributed by atoms with van der Waals surface area (Å²) in [5, 5.41) is 10.6. The number of hydrogen-bond donors (Lipinski definition) is 2. The highest BCUT2D eigenvalue weighted by atomic mass is 32.3. The molecule has 1 saturated carbocycles. The average Bonchev–Trinajstić information content (AvgIpc) is 3.34. The first kappa shape index (κ1) is 29.7. The van der Waals surface area contributed by atoms with Crippen molar-refractivity contribution in [1.29, 1.82) is 0 Å². The van der Waals surface area contributed by atoms with Gasteiger partial charge in [-0.1, -0.05) is 0 Å². The highest BCUT2D eigenvalue weighted by Gasteiger charge is 2.33. The van der Waals surface area contributed by atoms with Crippen molar-refractivity contribution in [1.82, 2.24) is 15.1 Å². The lowest BCUT2D eigenvalue weighted by atomic mass is 10.0. The van der Waals surface area contributed by atoms with Gasteiger partial charge in [0.15, 0.2) is 5.82 Å². The molecule has 1 aliphatic carbocycles. The van der Waals surface area contributed by atoms with Gasteiger partial charge >= 0.3 is 6.09 Å². The summed E-state index contributed by atoms with van der Waals surface area (Å²) in [7, 11) is -8.57. The van der Waals surface area contributed by atoms with E-state index in [1.165, 1.54) is 6.07 Å². The molecular weight excluding hydrogens is 537 g/mol. The van der Waals surface area contributed by atoms with Crippen molar-refractivity contribution in [2.75, 3.05) is 21.5 Å². The molecule has 2 aromatic rings. The van der Waals surface area contributed by atoms with E-state index in [-0.39, 0.29) is 27.5 Å². The standard InChI is InChI=1S/C24H36FN5O6S2/c1-15(2)26-23(31)36-18-10-8-16(12-18)20-14-22(29(28-20)24(3,4)5)27-17-9-11-21(19(25)13-17)30(37(6,32)33)38(7,34)35/h9,11,13-16,18,27H,8,10,12H2,1-7H3,(H,26,31)/t16-,18+/m0/s1. The van der Waals surface area contributed by atoms with Crippen LogP contribution >= 0.6 is 0 Å². The second-order valence-corrected chi connectivity index (χ2v) is 14.8. The Morgan fingerprint density at radius 1 is 1.13 bits per heavy atom. The van der Waals surface area contributed by atoms with E-state index in [4.69, 9.17) is 9.84 Å². The van der Waals surface area contributed by atoms with Crippen LogP contribution in [0.15, 0.2) is 24.3 Å².